The van der Waals surface area contributed by atoms with Gasteiger partial charge in [-0.25, -0.2) is 29.1 Å². The maximum atomic E-state index is 13.7. The van der Waals surface area contributed by atoms with Gasteiger partial charge in [0.1, 0.15) is 5.78 Å². The smallest absolute Gasteiger partial charge is 0.424 e. The maximum absolute atomic E-state index is 13.7. The summed E-state index contributed by atoms with van der Waals surface area (Å²) in [6, 6.07) is 2.64. The first kappa shape index (κ1) is 34.1. The molecule has 1 aliphatic rings. The van der Waals surface area contributed by atoms with Crippen molar-refractivity contribution in [1.29, 1.82) is 0 Å². The lowest BCUT2D eigenvalue weighted by Crippen LogP contribution is -2.51. The van der Waals surface area contributed by atoms with Gasteiger partial charge in [-0.05, 0) is 32.9 Å². The van der Waals surface area contributed by atoms with E-state index in [-0.39, 0.29) is 51.5 Å². The normalized spacial score (nSPS) is 13.9. The number of ether oxygens (including phenoxy) is 2. The second-order valence-corrected chi connectivity index (χ2v) is 10.4. The monoisotopic (exact) mass is 664 g/mol. The lowest BCUT2D eigenvalue weighted by Gasteiger charge is -2.39. The minimum atomic E-state index is -1.38. The van der Waals surface area contributed by atoms with Crippen LogP contribution in [0.4, 0.5) is 39.4 Å². The topological polar surface area (TPSA) is 181 Å². The van der Waals surface area contributed by atoms with Crippen LogP contribution in [-0.2, 0) is 23.9 Å². The second kappa shape index (κ2) is 15.0. The number of rotatable bonds is 11. The van der Waals surface area contributed by atoms with E-state index in [4.69, 9.17) is 39.3 Å². The molecule has 47 heavy (non-hydrogen) atoms. The first-order chi connectivity index (χ1) is 22.5. The molecule has 1 aliphatic heterocycles. The van der Waals surface area contributed by atoms with E-state index in [1.807, 2.05) is 16.7 Å². The Hall–Kier alpha value is -5.78. The van der Waals surface area contributed by atoms with Gasteiger partial charge in [-0.3, -0.25) is 9.69 Å². The zero-order valence-corrected chi connectivity index (χ0v) is 26.3. The SMILES string of the molecule is [C-]#[N+]c1cc(N2CCN([C@@H](C)C(C)=O)CC2)c(Cl)c(N(C(=O)OCOC(=O)/C=C/C(=O)O)c2nc(NCC)c3ncc([N+]#[C-])n3n2)c1. The highest BCUT2D eigenvalue weighted by molar-refractivity contribution is 6.37. The van der Waals surface area contributed by atoms with Crippen LogP contribution >= 0.6 is 11.6 Å². The minimum Gasteiger partial charge on any atom is -0.478 e. The van der Waals surface area contributed by atoms with Gasteiger partial charge >= 0.3 is 18.0 Å². The van der Waals surface area contributed by atoms with Crippen molar-refractivity contribution in [3.8, 4) is 0 Å². The Labute approximate surface area is 273 Å². The number of Topliss-reactive ketones (excluding diaryl/α,β-unsaturated/α-hetero) is 1. The lowest BCUT2D eigenvalue weighted by molar-refractivity contribution is -0.146. The quantitative estimate of drug-likeness (QED) is 0.131. The van der Waals surface area contributed by atoms with Crippen molar-refractivity contribution in [3.05, 3.63) is 58.3 Å². The molecule has 1 atom stereocenters. The number of imidazole rings is 1. The van der Waals surface area contributed by atoms with Gasteiger partial charge in [0.05, 0.1) is 29.5 Å². The zero-order valence-electron chi connectivity index (χ0n) is 25.5. The van der Waals surface area contributed by atoms with Gasteiger partial charge in [-0.1, -0.05) is 23.3 Å². The molecule has 0 aliphatic carbocycles. The Morgan fingerprint density at radius 1 is 1.15 bits per heavy atom. The van der Waals surface area contributed by atoms with Gasteiger partial charge in [-0.2, -0.15) is 4.98 Å². The highest BCUT2D eigenvalue weighted by Gasteiger charge is 2.32. The average molecular weight is 665 g/mol. The third-order valence-corrected chi connectivity index (χ3v) is 7.49. The number of carboxylic acids is 1. The molecule has 0 radical (unpaired) electrons. The van der Waals surface area contributed by atoms with Crippen LogP contribution in [0.15, 0.2) is 30.5 Å². The van der Waals surface area contributed by atoms with Crippen molar-refractivity contribution in [3.63, 3.8) is 0 Å². The number of benzene rings is 1. The van der Waals surface area contributed by atoms with Crippen LogP contribution in [0.25, 0.3) is 15.3 Å². The van der Waals surface area contributed by atoms with E-state index in [9.17, 15) is 19.2 Å². The number of halogens is 1. The molecule has 1 aromatic carbocycles. The van der Waals surface area contributed by atoms with Crippen molar-refractivity contribution < 1.29 is 33.8 Å². The molecule has 1 fully saturated rings. The van der Waals surface area contributed by atoms with Crippen molar-refractivity contribution in [2.24, 2.45) is 0 Å². The van der Waals surface area contributed by atoms with Crippen molar-refractivity contribution in [1.82, 2.24) is 24.5 Å². The van der Waals surface area contributed by atoms with Gasteiger partial charge in [-0.15, -0.1) is 4.52 Å². The number of carbonyl (C=O) groups is 4. The summed E-state index contributed by atoms with van der Waals surface area (Å²) in [5.41, 5.74) is 0.682. The van der Waals surface area contributed by atoms with Crippen molar-refractivity contribution in [2.75, 3.05) is 54.6 Å². The zero-order chi connectivity index (χ0) is 34.2. The summed E-state index contributed by atoms with van der Waals surface area (Å²) in [4.78, 5) is 68.7. The molecule has 1 amide bonds. The molecule has 0 bridgehead atoms. The summed E-state index contributed by atoms with van der Waals surface area (Å²) in [5.74, 6) is -2.58. The van der Waals surface area contributed by atoms with E-state index in [0.29, 0.717) is 50.6 Å². The Bertz CT molecular complexity index is 1820. The van der Waals surface area contributed by atoms with Crippen LogP contribution in [0.2, 0.25) is 5.02 Å². The van der Waals surface area contributed by atoms with Gasteiger partial charge in [0.25, 0.3) is 17.4 Å². The van der Waals surface area contributed by atoms with E-state index >= 15 is 0 Å². The number of anilines is 4. The summed E-state index contributed by atoms with van der Waals surface area (Å²) >= 11 is 6.97. The first-order valence-corrected chi connectivity index (χ1v) is 14.5. The second-order valence-electron chi connectivity index (χ2n) is 9.97. The van der Waals surface area contributed by atoms with Gasteiger partial charge in [0.2, 0.25) is 6.79 Å². The van der Waals surface area contributed by atoms with Crippen LogP contribution in [0.5, 0.6) is 0 Å². The number of aliphatic carboxylic acids is 1. The van der Waals surface area contributed by atoms with E-state index < -0.39 is 24.8 Å². The predicted octanol–water partition coefficient (Wildman–Crippen LogP) is 3.83. The highest BCUT2D eigenvalue weighted by atomic mass is 35.5. The van der Waals surface area contributed by atoms with Crippen LogP contribution in [0.3, 0.4) is 0 Å². The lowest BCUT2D eigenvalue weighted by atomic mass is 10.1. The molecule has 1 saturated heterocycles. The van der Waals surface area contributed by atoms with E-state index in [2.05, 4.69) is 30.1 Å². The number of esters is 1. The molecule has 0 unspecified atom stereocenters. The largest absolute Gasteiger partial charge is 0.478 e. The van der Waals surface area contributed by atoms with Crippen molar-refractivity contribution >= 4 is 75.7 Å². The first-order valence-electron chi connectivity index (χ1n) is 14.1. The number of amides is 1. The van der Waals surface area contributed by atoms with Crippen molar-refractivity contribution in [2.45, 2.75) is 26.8 Å². The molecule has 3 heterocycles. The Balaban J connectivity index is 1.80. The molecular weight excluding hydrogens is 636 g/mol. The molecule has 0 saturated carbocycles. The fourth-order valence-electron chi connectivity index (χ4n) is 4.64. The number of nitrogens with one attached hydrogen (secondary N) is 1. The molecular formula is C29H29ClN10O7. The number of fused-ring (bicyclic) bond motifs is 1. The molecule has 0 spiro atoms. The molecule has 2 N–H and O–H groups in total. The summed E-state index contributed by atoms with van der Waals surface area (Å²) < 4.78 is 11.2. The van der Waals surface area contributed by atoms with Crippen LogP contribution in [-0.4, -0.2) is 99.0 Å². The molecule has 3 aromatic rings. The average Bonchev–Trinajstić information content (AvgIpc) is 3.48. The van der Waals surface area contributed by atoms with Crippen LogP contribution in [0.1, 0.15) is 20.8 Å². The molecule has 4 rings (SSSR count). The molecule has 2 aromatic heterocycles. The fraction of sp³-hybridized carbons (Fsp3) is 0.345. The summed E-state index contributed by atoms with van der Waals surface area (Å²) in [6.07, 6.45) is 1.30. The number of nitrogens with zero attached hydrogens (tertiary/aromatic N) is 9. The highest BCUT2D eigenvalue weighted by Crippen LogP contribution is 2.42. The van der Waals surface area contributed by atoms with Gasteiger partial charge in [0.15, 0.2) is 11.5 Å². The number of piperazine rings is 1. The van der Waals surface area contributed by atoms with E-state index in [1.54, 1.807) is 13.0 Å². The number of aromatic nitrogens is 4. The number of hydrogen-bond donors (Lipinski definition) is 2. The summed E-state index contributed by atoms with van der Waals surface area (Å²) in [7, 11) is 0. The van der Waals surface area contributed by atoms with Crippen LogP contribution in [0, 0.1) is 13.1 Å². The number of ketones is 1. The Kier molecular flexibility index (Phi) is 10.9. The Morgan fingerprint density at radius 3 is 2.49 bits per heavy atom. The molecule has 17 nitrogen and oxygen atoms in total. The minimum absolute atomic E-state index is 0.00891. The summed E-state index contributed by atoms with van der Waals surface area (Å²) in [6.45, 7) is 21.9. The van der Waals surface area contributed by atoms with E-state index in [1.165, 1.54) is 23.7 Å². The fourth-order valence-corrected chi connectivity index (χ4v) is 4.95. The Morgan fingerprint density at radius 2 is 1.87 bits per heavy atom. The van der Waals surface area contributed by atoms with Crippen LogP contribution < -0.4 is 15.1 Å². The summed E-state index contributed by atoms with van der Waals surface area (Å²) in [5, 5.41) is 16.1. The molecule has 18 heteroatoms. The van der Waals surface area contributed by atoms with Gasteiger partial charge in [0, 0.05) is 50.6 Å². The number of hydrogen-bond acceptors (Lipinski definition) is 12. The number of carbonyl (C=O) groups excluding carboxylic acids is 3. The van der Waals surface area contributed by atoms with Gasteiger partial charge < -0.3 is 29.6 Å². The predicted molar refractivity (Wildman–Crippen MR) is 169 cm³/mol. The number of carboxylic acid groups (broad SMARTS) is 1. The third-order valence-electron chi connectivity index (χ3n) is 7.10. The maximum Gasteiger partial charge on any atom is 0.424 e. The molecule has 244 valence electrons. The standard InChI is InChI=1S/C29H29ClN10O7/c1-6-33-26-27-34-15-22(32-5)40(27)36-28(35-26)39(29(45)47-16-46-24(44)8-7-23(42)43)21-14-19(31-4)13-20(25(21)30)38-11-9-37(10-12-38)17(2)18(3)41/h7-8,13-15,17H,6,9-12,16H2,1-3H3,(H,42,43)(H,33,35,36)/b8-7+/t17-/m0/s1. The van der Waals surface area contributed by atoms with E-state index in [0.717, 1.165) is 4.90 Å². The third kappa shape index (κ3) is 7.72.